The van der Waals surface area contributed by atoms with Crippen molar-refractivity contribution in [3.8, 4) is 0 Å². The van der Waals surface area contributed by atoms with Gasteiger partial charge in [0, 0.05) is 10.8 Å². The van der Waals surface area contributed by atoms with E-state index >= 15 is 0 Å². The summed E-state index contributed by atoms with van der Waals surface area (Å²) in [6, 6.07) is 0. The van der Waals surface area contributed by atoms with Crippen molar-refractivity contribution in [3.63, 3.8) is 0 Å². The van der Waals surface area contributed by atoms with E-state index in [1.165, 1.54) is 10.8 Å². The molecule has 0 N–H and O–H groups in total. The quantitative estimate of drug-likeness (QED) is 0.549. The van der Waals surface area contributed by atoms with Gasteiger partial charge in [-0.2, -0.15) is 0 Å². The van der Waals surface area contributed by atoms with Crippen molar-refractivity contribution in [1.29, 1.82) is 0 Å². The van der Waals surface area contributed by atoms with Crippen LogP contribution in [0.15, 0.2) is 34.1 Å². The fourth-order valence-electron chi connectivity index (χ4n) is 1.35. The lowest BCUT2D eigenvalue weighted by Gasteiger charge is -2.05. The zero-order valence-electron chi connectivity index (χ0n) is 5.95. The molecule has 0 saturated carbocycles. The second-order valence-electron chi connectivity index (χ2n) is 2.75. The normalized spacial score (nSPS) is 25.8. The van der Waals surface area contributed by atoms with Gasteiger partial charge in [0.05, 0.1) is 0 Å². The molecule has 0 atom stereocenters. The van der Waals surface area contributed by atoms with Gasteiger partial charge in [-0.1, -0.05) is 12.2 Å². The Morgan fingerprint density at radius 3 is 2.82 bits per heavy atom. The van der Waals surface area contributed by atoms with Gasteiger partial charge in [-0.25, -0.2) is 8.42 Å². The maximum Gasteiger partial charge on any atom is 0.193 e. The Bertz CT molecular complexity index is 369. The predicted octanol–water partition coefficient (Wildman–Crippen LogP) is 1.53. The van der Waals surface area contributed by atoms with E-state index in [1.54, 1.807) is 0 Å². The number of hydrogen-bond acceptors (Lipinski definition) is 2. The van der Waals surface area contributed by atoms with Crippen LogP contribution in [0.4, 0.5) is 0 Å². The van der Waals surface area contributed by atoms with E-state index in [1.807, 2.05) is 12.2 Å². The summed E-state index contributed by atoms with van der Waals surface area (Å²) in [4.78, 5) is 0. The third-order valence-corrected chi connectivity index (χ3v) is 3.04. The van der Waals surface area contributed by atoms with Gasteiger partial charge in [-0.15, -0.1) is 0 Å². The van der Waals surface area contributed by atoms with Crippen molar-refractivity contribution in [2.45, 2.75) is 12.8 Å². The molecule has 0 unspecified atom stereocenters. The van der Waals surface area contributed by atoms with Crippen LogP contribution in [-0.4, -0.2) is 8.42 Å². The molecule has 0 amide bonds. The second kappa shape index (κ2) is 2.08. The molecule has 0 fully saturated rings. The fraction of sp³-hybridized carbons (Fsp3) is 0.250. The van der Waals surface area contributed by atoms with Gasteiger partial charge in [0.25, 0.3) is 0 Å². The maximum absolute atomic E-state index is 11.0. The Morgan fingerprint density at radius 2 is 2.09 bits per heavy atom. The molecule has 0 bridgehead atoms. The lowest BCUT2D eigenvalue weighted by Crippen LogP contribution is -1.87. The summed E-state index contributed by atoms with van der Waals surface area (Å²) in [5, 5.41) is 2.70. The molecule has 1 heterocycles. The molecule has 2 nitrogen and oxygen atoms in total. The summed E-state index contributed by atoms with van der Waals surface area (Å²) in [6.45, 7) is 0. The fourth-order valence-corrected chi connectivity index (χ4v) is 2.65. The van der Waals surface area contributed by atoms with E-state index in [-0.39, 0.29) is 0 Å². The first kappa shape index (κ1) is 6.85. The first-order chi connectivity index (χ1) is 5.17. The van der Waals surface area contributed by atoms with Crippen LogP contribution < -0.4 is 0 Å². The van der Waals surface area contributed by atoms with Crippen molar-refractivity contribution in [3.05, 3.63) is 34.1 Å². The Hall–Kier alpha value is -0.830. The highest BCUT2D eigenvalue weighted by atomic mass is 32.2. The van der Waals surface area contributed by atoms with E-state index < -0.39 is 9.84 Å². The van der Waals surface area contributed by atoms with E-state index in [9.17, 15) is 8.42 Å². The molecule has 0 saturated heterocycles. The van der Waals surface area contributed by atoms with Crippen LogP contribution in [0.2, 0.25) is 0 Å². The summed E-state index contributed by atoms with van der Waals surface area (Å²) in [5.74, 6) is 0. The third kappa shape index (κ3) is 1.16. The van der Waals surface area contributed by atoms with Crippen LogP contribution in [0.1, 0.15) is 12.8 Å². The average molecular weight is 168 g/mol. The van der Waals surface area contributed by atoms with Gasteiger partial charge in [-0.3, -0.25) is 0 Å². The molecular formula is C8H8O2S. The summed E-state index contributed by atoms with van der Waals surface area (Å²) >= 11 is 0. The van der Waals surface area contributed by atoms with Gasteiger partial charge < -0.3 is 0 Å². The van der Waals surface area contributed by atoms with Gasteiger partial charge in [0.1, 0.15) is 0 Å². The maximum atomic E-state index is 11.0. The molecule has 2 aliphatic rings. The summed E-state index contributed by atoms with van der Waals surface area (Å²) in [6.07, 6.45) is 5.70. The molecule has 1 aliphatic carbocycles. The SMILES string of the molecule is O=S1(=O)C=C2C=CCCC2=C1. The largest absolute Gasteiger partial charge is 0.220 e. The van der Waals surface area contributed by atoms with Crippen LogP contribution in [0.3, 0.4) is 0 Å². The van der Waals surface area contributed by atoms with Crippen LogP contribution >= 0.6 is 0 Å². The van der Waals surface area contributed by atoms with E-state index in [0.717, 1.165) is 24.0 Å². The summed E-state index contributed by atoms with van der Waals surface area (Å²) < 4.78 is 22.0. The molecular weight excluding hydrogens is 160 g/mol. The molecule has 0 aromatic heterocycles. The molecule has 58 valence electrons. The lowest BCUT2D eigenvalue weighted by atomic mass is 9.99. The zero-order chi connectivity index (χ0) is 7.90. The molecule has 0 aromatic carbocycles. The minimum Gasteiger partial charge on any atom is -0.220 e. The Balaban J connectivity index is 2.58. The highest BCUT2D eigenvalue weighted by molar-refractivity contribution is 7.97. The Labute approximate surface area is 65.8 Å². The molecule has 11 heavy (non-hydrogen) atoms. The Kier molecular flexibility index (Phi) is 1.29. The van der Waals surface area contributed by atoms with Crippen molar-refractivity contribution in [2.75, 3.05) is 0 Å². The zero-order valence-corrected chi connectivity index (χ0v) is 6.76. The van der Waals surface area contributed by atoms with Crippen molar-refractivity contribution < 1.29 is 8.42 Å². The van der Waals surface area contributed by atoms with Gasteiger partial charge >= 0.3 is 0 Å². The number of fused-ring (bicyclic) bond motifs is 1. The predicted molar refractivity (Wildman–Crippen MR) is 43.5 cm³/mol. The van der Waals surface area contributed by atoms with E-state index in [2.05, 4.69) is 0 Å². The third-order valence-electron chi connectivity index (χ3n) is 1.85. The van der Waals surface area contributed by atoms with Crippen LogP contribution in [-0.2, 0) is 9.84 Å². The van der Waals surface area contributed by atoms with Crippen molar-refractivity contribution in [1.82, 2.24) is 0 Å². The van der Waals surface area contributed by atoms with E-state index in [0.29, 0.717) is 0 Å². The number of hydrogen-bond donors (Lipinski definition) is 0. The molecule has 0 spiro atoms. The van der Waals surface area contributed by atoms with Gasteiger partial charge in [0.15, 0.2) is 9.84 Å². The number of allylic oxidation sites excluding steroid dienone is 4. The van der Waals surface area contributed by atoms with Crippen LogP contribution in [0.5, 0.6) is 0 Å². The monoisotopic (exact) mass is 168 g/mol. The van der Waals surface area contributed by atoms with E-state index in [4.69, 9.17) is 0 Å². The van der Waals surface area contributed by atoms with Crippen LogP contribution in [0, 0.1) is 0 Å². The highest BCUT2D eigenvalue weighted by Crippen LogP contribution is 2.30. The molecule has 1 aliphatic heterocycles. The minimum atomic E-state index is -3.00. The minimum absolute atomic E-state index is 0.863. The highest BCUT2D eigenvalue weighted by Gasteiger charge is 2.19. The molecule has 0 radical (unpaired) electrons. The molecule has 3 heteroatoms. The Morgan fingerprint density at radius 1 is 1.27 bits per heavy atom. The lowest BCUT2D eigenvalue weighted by molar-refractivity contribution is 0.613. The van der Waals surface area contributed by atoms with Crippen LogP contribution in [0.25, 0.3) is 0 Å². The smallest absolute Gasteiger partial charge is 0.193 e. The molecule has 0 aromatic rings. The first-order valence-electron chi connectivity index (χ1n) is 3.52. The first-order valence-corrected chi connectivity index (χ1v) is 5.13. The van der Waals surface area contributed by atoms with Crippen molar-refractivity contribution in [2.24, 2.45) is 0 Å². The van der Waals surface area contributed by atoms with Crippen molar-refractivity contribution >= 4 is 9.84 Å². The standard InChI is InChI=1S/C8H8O2S/c9-11(10)5-7-3-1-2-4-8(7)6-11/h1,3,5-6H,2,4H2. The summed E-state index contributed by atoms with van der Waals surface area (Å²) in [5.41, 5.74) is 1.84. The van der Waals surface area contributed by atoms with Gasteiger partial charge in [-0.05, 0) is 24.0 Å². The summed E-state index contributed by atoms with van der Waals surface area (Å²) in [7, 11) is -3.00. The second-order valence-corrected chi connectivity index (χ2v) is 4.40. The molecule has 2 rings (SSSR count). The van der Waals surface area contributed by atoms with Gasteiger partial charge in [0.2, 0.25) is 0 Å². The number of sulfone groups is 1. The number of rotatable bonds is 0. The topological polar surface area (TPSA) is 34.1 Å². The average Bonchev–Trinajstić information content (AvgIpc) is 2.21.